The molecule has 0 saturated carbocycles. The average Bonchev–Trinajstić information content (AvgIpc) is 2.43. The maximum Gasteiger partial charge on any atom is 0.422 e. The third-order valence-corrected chi connectivity index (χ3v) is 2.51. The number of ether oxygens (including phenoxy) is 1. The lowest BCUT2D eigenvalue weighted by Crippen LogP contribution is -2.19. The van der Waals surface area contributed by atoms with E-state index in [1.54, 1.807) is 12.1 Å². The number of hydrogen-bond acceptors (Lipinski definition) is 3. The number of benzene rings is 1. The average molecular weight is 300 g/mol. The molecule has 2 aromatic rings. The Balaban J connectivity index is 1.87. The second kappa shape index (κ2) is 6.43. The molecule has 1 heterocycles. The molecule has 0 saturated heterocycles. The molecule has 0 aliphatic carbocycles. The van der Waals surface area contributed by atoms with Crippen LogP contribution in [0, 0.1) is 5.82 Å². The van der Waals surface area contributed by atoms with Crippen molar-refractivity contribution in [2.45, 2.75) is 12.7 Å². The van der Waals surface area contributed by atoms with Crippen LogP contribution in [0.5, 0.6) is 5.88 Å². The van der Waals surface area contributed by atoms with Crippen LogP contribution in [0.4, 0.5) is 23.2 Å². The molecular formula is C14H12F4N2O. The zero-order chi connectivity index (χ0) is 15.3. The number of pyridine rings is 1. The molecule has 21 heavy (non-hydrogen) atoms. The Kier molecular flexibility index (Phi) is 4.62. The third-order valence-electron chi connectivity index (χ3n) is 2.51. The van der Waals surface area contributed by atoms with E-state index >= 15 is 0 Å². The van der Waals surface area contributed by atoms with Crippen LogP contribution < -0.4 is 10.1 Å². The van der Waals surface area contributed by atoms with Crippen molar-refractivity contribution in [2.75, 3.05) is 11.9 Å². The van der Waals surface area contributed by atoms with Crippen molar-refractivity contribution in [3.8, 4) is 5.88 Å². The quantitative estimate of drug-likeness (QED) is 0.853. The number of hydrogen-bond donors (Lipinski definition) is 1. The molecule has 0 amide bonds. The van der Waals surface area contributed by atoms with Crippen molar-refractivity contribution in [3.63, 3.8) is 0 Å². The van der Waals surface area contributed by atoms with Crippen LogP contribution in [0.2, 0.25) is 0 Å². The van der Waals surface area contributed by atoms with Crippen LogP contribution >= 0.6 is 0 Å². The number of alkyl halides is 3. The SMILES string of the molecule is Fc1cccc(CNc2ccc(OCC(F)(F)F)nc2)c1. The van der Waals surface area contributed by atoms with E-state index in [1.165, 1.54) is 30.5 Å². The van der Waals surface area contributed by atoms with Gasteiger partial charge in [0.2, 0.25) is 5.88 Å². The van der Waals surface area contributed by atoms with E-state index < -0.39 is 12.8 Å². The fraction of sp³-hybridized carbons (Fsp3) is 0.214. The van der Waals surface area contributed by atoms with Gasteiger partial charge in [-0.05, 0) is 23.8 Å². The second-order valence-corrected chi connectivity index (χ2v) is 4.27. The zero-order valence-electron chi connectivity index (χ0n) is 10.8. The predicted molar refractivity (Wildman–Crippen MR) is 69.5 cm³/mol. The van der Waals surface area contributed by atoms with E-state index in [1.807, 2.05) is 0 Å². The van der Waals surface area contributed by atoms with Gasteiger partial charge in [-0.3, -0.25) is 0 Å². The summed E-state index contributed by atoms with van der Waals surface area (Å²) >= 11 is 0. The monoisotopic (exact) mass is 300 g/mol. The van der Waals surface area contributed by atoms with E-state index in [0.717, 1.165) is 5.56 Å². The minimum absolute atomic E-state index is 0.108. The van der Waals surface area contributed by atoms with Gasteiger partial charge in [-0.1, -0.05) is 12.1 Å². The van der Waals surface area contributed by atoms with Crippen molar-refractivity contribution >= 4 is 5.69 Å². The number of anilines is 1. The van der Waals surface area contributed by atoms with Gasteiger partial charge < -0.3 is 10.1 Å². The van der Waals surface area contributed by atoms with E-state index in [9.17, 15) is 17.6 Å². The molecular weight excluding hydrogens is 288 g/mol. The number of aromatic nitrogens is 1. The van der Waals surface area contributed by atoms with Crippen LogP contribution in [0.25, 0.3) is 0 Å². The molecule has 0 aliphatic heterocycles. The van der Waals surface area contributed by atoms with Crippen LogP contribution in [0.3, 0.4) is 0 Å². The predicted octanol–water partition coefficient (Wildman–Crippen LogP) is 3.77. The lowest BCUT2D eigenvalue weighted by atomic mass is 10.2. The Morgan fingerprint density at radius 3 is 2.57 bits per heavy atom. The first kappa shape index (κ1) is 15.1. The lowest BCUT2D eigenvalue weighted by molar-refractivity contribution is -0.154. The Hall–Kier alpha value is -2.31. The first-order valence-corrected chi connectivity index (χ1v) is 6.06. The van der Waals surface area contributed by atoms with Crippen LogP contribution in [-0.2, 0) is 6.54 Å². The standard InChI is InChI=1S/C14H12F4N2O/c15-11-3-1-2-10(6-11)7-19-12-4-5-13(20-8-12)21-9-14(16,17)18/h1-6,8,19H,7,9H2. The number of halogens is 4. The van der Waals surface area contributed by atoms with Gasteiger partial charge in [0.25, 0.3) is 0 Å². The summed E-state index contributed by atoms with van der Waals surface area (Å²) in [5.41, 5.74) is 1.34. The molecule has 1 N–H and O–H groups in total. The van der Waals surface area contributed by atoms with Gasteiger partial charge in [-0.25, -0.2) is 9.37 Å². The van der Waals surface area contributed by atoms with Crippen molar-refractivity contribution in [1.29, 1.82) is 0 Å². The highest BCUT2D eigenvalue weighted by atomic mass is 19.4. The first-order valence-electron chi connectivity index (χ1n) is 6.06. The molecule has 0 unspecified atom stereocenters. The summed E-state index contributed by atoms with van der Waals surface area (Å²) in [6, 6.07) is 8.96. The van der Waals surface area contributed by atoms with Gasteiger partial charge in [0, 0.05) is 12.6 Å². The Morgan fingerprint density at radius 1 is 1.14 bits per heavy atom. The largest absolute Gasteiger partial charge is 0.468 e. The topological polar surface area (TPSA) is 34.1 Å². The van der Waals surface area contributed by atoms with E-state index in [-0.39, 0.29) is 11.7 Å². The molecule has 1 aromatic carbocycles. The van der Waals surface area contributed by atoms with E-state index in [0.29, 0.717) is 12.2 Å². The summed E-state index contributed by atoms with van der Waals surface area (Å²) in [6.45, 7) is -1.00. The summed E-state index contributed by atoms with van der Waals surface area (Å²) < 4.78 is 53.4. The van der Waals surface area contributed by atoms with Crippen LogP contribution in [0.15, 0.2) is 42.6 Å². The maximum atomic E-state index is 13.0. The normalized spacial score (nSPS) is 11.2. The second-order valence-electron chi connectivity index (χ2n) is 4.27. The molecule has 0 spiro atoms. The zero-order valence-corrected chi connectivity index (χ0v) is 10.8. The first-order chi connectivity index (χ1) is 9.92. The van der Waals surface area contributed by atoms with Crippen LogP contribution in [0.1, 0.15) is 5.56 Å². The van der Waals surface area contributed by atoms with Crippen molar-refractivity contribution < 1.29 is 22.3 Å². The van der Waals surface area contributed by atoms with Crippen LogP contribution in [-0.4, -0.2) is 17.8 Å². The maximum absolute atomic E-state index is 13.0. The van der Waals surface area contributed by atoms with Crippen molar-refractivity contribution in [3.05, 3.63) is 54.0 Å². The highest BCUT2D eigenvalue weighted by Gasteiger charge is 2.28. The third kappa shape index (κ3) is 5.29. The smallest absolute Gasteiger partial charge is 0.422 e. The molecule has 0 aliphatic rings. The van der Waals surface area contributed by atoms with E-state index in [4.69, 9.17) is 0 Å². The molecule has 112 valence electrons. The van der Waals surface area contributed by atoms with Gasteiger partial charge in [0.05, 0.1) is 11.9 Å². The molecule has 1 aromatic heterocycles. The van der Waals surface area contributed by atoms with Gasteiger partial charge in [0.15, 0.2) is 6.61 Å². The molecule has 0 radical (unpaired) electrons. The van der Waals surface area contributed by atoms with Crippen molar-refractivity contribution in [2.24, 2.45) is 0 Å². The van der Waals surface area contributed by atoms with Gasteiger partial charge in [-0.15, -0.1) is 0 Å². The molecule has 3 nitrogen and oxygen atoms in total. The highest BCUT2D eigenvalue weighted by molar-refractivity contribution is 5.42. The summed E-state index contributed by atoms with van der Waals surface area (Å²) in [5.74, 6) is -0.438. The minimum Gasteiger partial charge on any atom is -0.468 e. The number of nitrogens with one attached hydrogen (secondary N) is 1. The van der Waals surface area contributed by atoms with Gasteiger partial charge in [0.1, 0.15) is 5.82 Å². The summed E-state index contributed by atoms with van der Waals surface area (Å²) in [5, 5.41) is 2.98. The molecule has 7 heteroatoms. The number of rotatable bonds is 5. The molecule has 0 bridgehead atoms. The Morgan fingerprint density at radius 2 is 1.95 bits per heavy atom. The summed E-state index contributed by atoms with van der Waals surface area (Å²) in [7, 11) is 0. The Bertz CT molecular complexity index is 584. The van der Waals surface area contributed by atoms with Crippen molar-refractivity contribution in [1.82, 2.24) is 4.98 Å². The summed E-state index contributed by atoms with van der Waals surface area (Å²) in [4.78, 5) is 3.75. The van der Waals surface area contributed by atoms with Gasteiger partial charge in [-0.2, -0.15) is 13.2 Å². The fourth-order valence-electron chi connectivity index (χ4n) is 1.58. The minimum atomic E-state index is -4.39. The Labute approximate surface area is 118 Å². The fourth-order valence-corrected chi connectivity index (χ4v) is 1.58. The van der Waals surface area contributed by atoms with E-state index in [2.05, 4.69) is 15.0 Å². The molecule has 0 fully saturated rings. The number of nitrogens with zero attached hydrogens (tertiary/aromatic N) is 1. The van der Waals surface area contributed by atoms with Gasteiger partial charge >= 0.3 is 6.18 Å². The summed E-state index contributed by atoms with van der Waals surface area (Å²) in [6.07, 6.45) is -3.04. The molecule has 2 rings (SSSR count). The lowest BCUT2D eigenvalue weighted by Gasteiger charge is -2.09. The highest BCUT2D eigenvalue weighted by Crippen LogP contribution is 2.18. The molecule has 0 atom stereocenters.